The molecule has 1 heterocycles. The molecule has 0 spiro atoms. The van der Waals surface area contributed by atoms with Gasteiger partial charge in [0.2, 0.25) is 0 Å². The van der Waals surface area contributed by atoms with E-state index in [9.17, 15) is 9.59 Å². The van der Waals surface area contributed by atoms with Gasteiger partial charge in [-0.15, -0.1) is 11.3 Å². The van der Waals surface area contributed by atoms with Gasteiger partial charge in [-0.25, -0.2) is 4.98 Å². The third-order valence-corrected chi connectivity index (χ3v) is 5.60. The highest BCUT2D eigenvalue weighted by Gasteiger charge is 2.15. The van der Waals surface area contributed by atoms with Gasteiger partial charge in [0.25, 0.3) is 11.8 Å². The Morgan fingerprint density at radius 1 is 0.788 bits per heavy atom. The van der Waals surface area contributed by atoms with Crippen LogP contribution in [-0.4, -0.2) is 31.0 Å². The lowest BCUT2D eigenvalue weighted by atomic mass is 10.1. The molecule has 0 atom stereocenters. The second-order valence-corrected chi connectivity index (χ2v) is 7.79. The molecule has 0 aliphatic heterocycles. The summed E-state index contributed by atoms with van der Waals surface area (Å²) in [7, 11) is 3.05. The summed E-state index contributed by atoms with van der Waals surface area (Å²) in [5.74, 6) is 0.421. The standard InChI is InChI=1S/C25H21N3O4S/c1-31-21-12-5-3-10-18(21)23(29)26-17-9-7-8-16(14-17)20-15-33-25(27-20)28-24(30)19-11-4-6-13-22(19)32-2/h3-15H,1-2H3,(H,26,29)(H,27,28,30). The number of hydrogen-bond acceptors (Lipinski definition) is 6. The summed E-state index contributed by atoms with van der Waals surface area (Å²) in [6.45, 7) is 0. The third kappa shape index (κ3) is 5.02. The van der Waals surface area contributed by atoms with E-state index in [1.54, 1.807) is 48.5 Å². The minimum Gasteiger partial charge on any atom is -0.496 e. The quantitative estimate of drug-likeness (QED) is 0.390. The van der Waals surface area contributed by atoms with Gasteiger partial charge in [0.15, 0.2) is 5.13 Å². The zero-order valence-electron chi connectivity index (χ0n) is 18.0. The van der Waals surface area contributed by atoms with Crippen LogP contribution >= 0.6 is 11.3 Å². The largest absolute Gasteiger partial charge is 0.496 e. The number of ether oxygens (including phenoxy) is 2. The average Bonchev–Trinajstić information content (AvgIpc) is 3.32. The number of benzene rings is 3. The van der Waals surface area contributed by atoms with Crippen molar-refractivity contribution < 1.29 is 19.1 Å². The minimum absolute atomic E-state index is 0.271. The van der Waals surface area contributed by atoms with Gasteiger partial charge < -0.3 is 14.8 Å². The lowest BCUT2D eigenvalue weighted by Gasteiger charge is -2.10. The fourth-order valence-electron chi connectivity index (χ4n) is 3.25. The number of carbonyl (C=O) groups is 2. The fraction of sp³-hybridized carbons (Fsp3) is 0.0800. The maximum Gasteiger partial charge on any atom is 0.261 e. The van der Waals surface area contributed by atoms with Crippen molar-refractivity contribution in [2.45, 2.75) is 0 Å². The number of carbonyl (C=O) groups excluding carboxylic acids is 2. The highest BCUT2D eigenvalue weighted by atomic mass is 32.1. The predicted molar refractivity (Wildman–Crippen MR) is 129 cm³/mol. The number of thiazole rings is 1. The van der Waals surface area contributed by atoms with Crippen molar-refractivity contribution in [2.24, 2.45) is 0 Å². The van der Waals surface area contributed by atoms with Gasteiger partial charge in [-0.05, 0) is 36.4 Å². The van der Waals surface area contributed by atoms with Gasteiger partial charge in [0.1, 0.15) is 11.5 Å². The summed E-state index contributed by atoms with van der Waals surface area (Å²) in [6.07, 6.45) is 0. The van der Waals surface area contributed by atoms with E-state index >= 15 is 0 Å². The summed E-state index contributed by atoms with van der Waals surface area (Å²) in [5, 5.41) is 8.01. The first-order valence-electron chi connectivity index (χ1n) is 10.0. The van der Waals surface area contributed by atoms with Crippen molar-refractivity contribution >= 4 is 34.0 Å². The number of hydrogen-bond donors (Lipinski definition) is 2. The van der Waals surface area contributed by atoms with E-state index in [2.05, 4.69) is 15.6 Å². The Labute approximate surface area is 195 Å². The molecule has 0 saturated carbocycles. The highest BCUT2D eigenvalue weighted by molar-refractivity contribution is 7.14. The molecule has 2 N–H and O–H groups in total. The Balaban J connectivity index is 1.49. The van der Waals surface area contributed by atoms with E-state index in [4.69, 9.17) is 9.47 Å². The van der Waals surface area contributed by atoms with E-state index in [-0.39, 0.29) is 11.8 Å². The van der Waals surface area contributed by atoms with Crippen LogP contribution in [0.25, 0.3) is 11.3 Å². The lowest BCUT2D eigenvalue weighted by molar-refractivity contribution is 0.101. The van der Waals surface area contributed by atoms with Crippen LogP contribution in [0.4, 0.5) is 10.8 Å². The van der Waals surface area contributed by atoms with Gasteiger partial charge in [0.05, 0.1) is 31.0 Å². The fourth-order valence-corrected chi connectivity index (χ4v) is 3.96. The van der Waals surface area contributed by atoms with Gasteiger partial charge in [0, 0.05) is 16.6 Å². The molecule has 0 unspecified atom stereocenters. The molecule has 0 aliphatic rings. The van der Waals surface area contributed by atoms with Crippen molar-refractivity contribution in [3.63, 3.8) is 0 Å². The average molecular weight is 460 g/mol. The molecule has 0 fully saturated rings. The first kappa shape index (κ1) is 22.0. The molecule has 0 saturated heterocycles. The Morgan fingerprint density at radius 3 is 2.03 bits per heavy atom. The number of rotatable bonds is 7. The van der Waals surface area contributed by atoms with Crippen LogP contribution in [0, 0.1) is 0 Å². The number of nitrogens with one attached hydrogen (secondary N) is 2. The van der Waals surface area contributed by atoms with Crippen LogP contribution < -0.4 is 20.1 Å². The number of amides is 2. The third-order valence-electron chi connectivity index (χ3n) is 4.84. The molecule has 4 aromatic rings. The van der Waals surface area contributed by atoms with Gasteiger partial charge in [-0.3, -0.25) is 14.9 Å². The summed E-state index contributed by atoms with van der Waals surface area (Å²) >= 11 is 1.31. The molecule has 1 aromatic heterocycles. The molecule has 8 heteroatoms. The van der Waals surface area contributed by atoms with Crippen LogP contribution in [0.3, 0.4) is 0 Å². The molecular formula is C25H21N3O4S. The number of nitrogens with zero attached hydrogens (tertiary/aromatic N) is 1. The van der Waals surface area contributed by atoms with Crippen molar-refractivity contribution in [1.29, 1.82) is 0 Å². The summed E-state index contributed by atoms with van der Waals surface area (Å²) in [4.78, 5) is 29.8. The second-order valence-electron chi connectivity index (χ2n) is 6.93. The van der Waals surface area contributed by atoms with Crippen molar-refractivity contribution in [2.75, 3.05) is 24.9 Å². The molecular weight excluding hydrogens is 438 g/mol. The van der Waals surface area contributed by atoms with Crippen molar-refractivity contribution in [1.82, 2.24) is 4.98 Å². The second kappa shape index (κ2) is 9.97. The molecule has 7 nitrogen and oxygen atoms in total. The number of anilines is 2. The van der Waals surface area contributed by atoms with Crippen LogP contribution in [0.5, 0.6) is 11.5 Å². The smallest absolute Gasteiger partial charge is 0.261 e. The van der Waals surface area contributed by atoms with E-state index in [0.29, 0.717) is 39.1 Å². The Hall–Kier alpha value is -4.17. The van der Waals surface area contributed by atoms with Gasteiger partial charge in [-0.2, -0.15) is 0 Å². The van der Waals surface area contributed by atoms with E-state index in [1.807, 2.05) is 29.6 Å². The molecule has 3 aromatic carbocycles. The van der Waals surface area contributed by atoms with Crippen molar-refractivity contribution in [3.8, 4) is 22.8 Å². The number of para-hydroxylation sites is 2. The van der Waals surface area contributed by atoms with Crippen LogP contribution in [0.15, 0.2) is 78.2 Å². The molecule has 4 rings (SSSR count). The maximum absolute atomic E-state index is 12.7. The normalized spacial score (nSPS) is 10.4. The van der Waals surface area contributed by atoms with E-state index < -0.39 is 0 Å². The molecule has 0 bridgehead atoms. The van der Waals surface area contributed by atoms with Gasteiger partial charge >= 0.3 is 0 Å². The van der Waals surface area contributed by atoms with Gasteiger partial charge in [-0.1, -0.05) is 36.4 Å². The monoisotopic (exact) mass is 459 g/mol. The van der Waals surface area contributed by atoms with Crippen LogP contribution in [0.2, 0.25) is 0 Å². The Morgan fingerprint density at radius 2 is 1.39 bits per heavy atom. The van der Waals surface area contributed by atoms with E-state index in [1.165, 1.54) is 25.6 Å². The van der Waals surface area contributed by atoms with E-state index in [0.717, 1.165) is 5.56 Å². The summed E-state index contributed by atoms with van der Waals surface area (Å²) in [5.41, 5.74) is 2.99. The maximum atomic E-state index is 12.7. The SMILES string of the molecule is COc1ccccc1C(=O)Nc1cccc(-c2csc(NC(=O)c3ccccc3OC)n2)c1. The van der Waals surface area contributed by atoms with Crippen molar-refractivity contribution in [3.05, 3.63) is 89.3 Å². The molecule has 0 radical (unpaired) electrons. The zero-order valence-corrected chi connectivity index (χ0v) is 18.8. The summed E-state index contributed by atoms with van der Waals surface area (Å²) < 4.78 is 10.5. The first-order valence-corrected chi connectivity index (χ1v) is 10.9. The van der Waals surface area contributed by atoms with Crippen LogP contribution in [0.1, 0.15) is 20.7 Å². The highest BCUT2D eigenvalue weighted by Crippen LogP contribution is 2.28. The zero-order chi connectivity index (χ0) is 23.2. The lowest BCUT2D eigenvalue weighted by Crippen LogP contribution is -2.13. The Kier molecular flexibility index (Phi) is 6.66. The number of methoxy groups -OCH3 is 2. The molecule has 2 amide bonds. The number of aromatic nitrogens is 1. The topological polar surface area (TPSA) is 89.6 Å². The van der Waals surface area contributed by atoms with Crippen LogP contribution in [-0.2, 0) is 0 Å². The minimum atomic E-state index is -0.300. The molecule has 0 aliphatic carbocycles. The predicted octanol–water partition coefficient (Wildman–Crippen LogP) is 5.33. The summed E-state index contributed by atoms with van der Waals surface area (Å²) in [6, 6.07) is 21.4. The first-order chi connectivity index (χ1) is 16.1. The molecule has 33 heavy (non-hydrogen) atoms. The molecule has 166 valence electrons. The Bertz CT molecular complexity index is 1300.